The van der Waals surface area contributed by atoms with Crippen molar-refractivity contribution in [2.45, 2.75) is 38.3 Å². The lowest BCUT2D eigenvalue weighted by Gasteiger charge is -2.15. The van der Waals surface area contributed by atoms with Gasteiger partial charge in [0.2, 0.25) is 10.0 Å². The van der Waals surface area contributed by atoms with Gasteiger partial charge < -0.3 is 5.11 Å². The number of hydrogen-bond acceptors (Lipinski definition) is 5. The number of aromatic amines is 1. The van der Waals surface area contributed by atoms with Crippen LogP contribution in [0.5, 0.6) is 0 Å². The first-order valence-corrected chi connectivity index (χ1v) is 7.92. The summed E-state index contributed by atoms with van der Waals surface area (Å²) in [6.07, 6.45) is 1.32. The summed E-state index contributed by atoms with van der Waals surface area (Å²) in [5, 5.41) is 15.6. The normalized spacial score (nSPS) is 13.3. The van der Waals surface area contributed by atoms with Crippen molar-refractivity contribution in [3.63, 3.8) is 0 Å². The summed E-state index contributed by atoms with van der Waals surface area (Å²) in [4.78, 5) is 4.10. The fraction of sp³-hybridized carbons (Fsp3) is 0.385. The predicted octanol–water partition coefficient (Wildman–Crippen LogP) is 0.953. The highest BCUT2D eigenvalue weighted by atomic mass is 32.2. The second kappa shape index (κ2) is 5.92. The minimum atomic E-state index is -3.72. The van der Waals surface area contributed by atoms with Crippen molar-refractivity contribution in [3.05, 3.63) is 41.0 Å². The smallest absolute Gasteiger partial charge is 0.241 e. The Morgan fingerprint density at radius 2 is 2.10 bits per heavy atom. The molecule has 114 valence electrons. The predicted molar refractivity (Wildman–Crippen MR) is 77.0 cm³/mol. The van der Waals surface area contributed by atoms with Crippen LogP contribution in [0.4, 0.5) is 0 Å². The third-order valence-electron chi connectivity index (χ3n) is 3.33. The highest BCUT2D eigenvalue weighted by Crippen LogP contribution is 2.22. The number of sulfonamides is 1. The zero-order valence-corrected chi connectivity index (χ0v) is 12.9. The molecule has 0 saturated carbocycles. The van der Waals surface area contributed by atoms with E-state index >= 15 is 0 Å². The molecule has 2 rings (SSSR count). The molecule has 0 amide bonds. The number of benzene rings is 1. The molecule has 1 heterocycles. The largest absolute Gasteiger partial charge is 0.392 e. The Bertz CT molecular complexity index is 726. The molecule has 0 aliphatic rings. The van der Waals surface area contributed by atoms with E-state index in [1.807, 2.05) is 6.92 Å². The quantitative estimate of drug-likeness (QED) is 0.762. The molecule has 0 bridgehead atoms. The second-order valence-corrected chi connectivity index (χ2v) is 6.59. The second-order valence-electron chi connectivity index (χ2n) is 4.91. The molecule has 0 fully saturated rings. The van der Waals surface area contributed by atoms with E-state index in [1.54, 1.807) is 19.9 Å². The van der Waals surface area contributed by atoms with E-state index < -0.39 is 16.1 Å². The number of hydrogen-bond donors (Lipinski definition) is 3. The van der Waals surface area contributed by atoms with Gasteiger partial charge in [0.05, 0.1) is 17.5 Å². The molecule has 1 aromatic carbocycles. The van der Waals surface area contributed by atoms with Crippen LogP contribution in [0.3, 0.4) is 0 Å². The molecule has 2 aromatic rings. The van der Waals surface area contributed by atoms with Gasteiger partial charge in [0, 0.05) is 0 Å². The summed E-state index contributed by atoms with van der Waals surface area (Å²) in [6, 6.07) is 2.72. The van der Waals surface area contributed by atoms with Gasteiger partial charge in [-0.1, -0.05) is 6.07 Å². The van der Waals surface area contributed by atoms with Gasteiger partial charge in [-0.25, -0.2) is 18.1 Å². The Balaban J connectivity index is 2.38. The maximum Gasteiger partial charge on any atom is 0.241 e. The van der Waals surface area contributed by atoms with Crippen LogP contribution in [0, 0.1) is 13.8 Å². The summed E-state index contributed by atoms with van der Waals surface area (Å²) >= 11 is 0. The number of nitrogens with one attached hydrogen (secondary N) is 2. The van der Waals surface area contributed by atoms with Crippen molar-refractivity contribution in [2.24, 2.45) is 0 Å². The Morgan fingerprint density at radius 1 is 1.38 bits per heavy atom. The number of aryl methyl sites for hydroxylation is 1. The first kappa shape index (κ1) is 15.6. The minimum absolute atomic E-state index is 0.165. The summed E-state index contributed by atoms with van der Waals surface area (Å²) < 4.78 is 27.6. The number of aliphatic hydroxyl groups is 1. The fourth-order valence-corrected chi connectivity index (χ4v) is 3.62. The van der Waals surface area contributed by atoms with Gasteiger partial charge in [-0.3, -0.25) is 5.10 Å². The molecule has 21 heavy (non-hydrogen) atoms. The molecule has 0 aliphatic heterocycles. The van der Waals surface area contributed by atoms with Gasteiger partial charge in [-0.15, -0.1) is 0 Å². The minimum Gasteiger partial charge on any atom is -0.392 e. The van der Waals surface area contributed by atoms with Gasteiger partial charge in [0.1, 0.15) is 12.2 Å². The lowest BCUT2D eigenvalue weighted by atomic mass is 10.1. The summed E-state index contributed by atoms with van der Waals surface area (Å²) in [7, 11) is -3.72. The molecule has 8 heteroatoms. The molecule has 0 aliphatic carbocycles. The zero-order chi connectivity index (χ0) is 15.6. The number of nitrogens with zero attached hydrogens (tertiary/aromatic N) is 2. The van der Waals surface area contributed by atoms with Gasteiger partial charge >= 0.3 is 0 Å². The molecule has 7 nitrogen and oxygen atoms in total. The Labute approximate surface area is 123 Å². The standard InChI is InChI=1S/C13H18N4O3S/c1-8-4-11(6-18)5-12(9(8)2)21(19,20)17-10(3)13-14-7-15-16-13/h4-5,7,10,17-18H,6H2,1-3H3,(H,14,15,16). The van der Waals surface area contributed by atoms with Crippen molar-refractivity contribution in [3.8, 4) is 0 Å². The molecule has 0 spiro atoms. The molecule has 0 saturated heterocycles. The van der Waals surface area contributed by atoms with E-state index in [9.17, 15) is 13.5 Å². The number of aliphatic hydroxyl groups excluding tert-OH is 1. The Hall–Kier alpha value is -1.77. The molecule has 1 unspecified atom stereocenters. The van der Waals surface area contributed by atoms with Crippen LogP contribution in [0.1, 0.15) is 35.5 Å². The van der Waals surface area contributed by atoms with Crippen LogP contribution >= 0.6 is 0 Å². The first-order valence-electron chi connectivity index (χ1n) is 6.43. The van der Waals surface area contributed by atoms with Gasteiger partial charge in [0.25, 0.3) is 0 Å². The van der Waals surface area contributed by atoms with Crippen LogP contribution < -0.4 is 4.72 Å². The van der Waals surface area contributed by atoms with Crippen molar-refractivity contribution in [1.82, 2.24) is 19.9 Å². The van der Waals surface area contributed by atoms with Crippen LogP contribution in [-0.2, 0) is 16.6 Å². The topological polar surface area (TPSA) is 108 Å². The SMILES string of the molecule is Cc1cc(CO)cc(S(=O)(=O)NC(C)c2ncn[nH]2)c1C. The van der Waals surface area contributed by atoms with E-state index in [4.69, 9.17) is 0 Å². The van der Waals surface area contributed by atoms with Crippen molar-refractivity contribution in [2.75, 3.05) is 0 Å². The third-order valence-corrected chi connectivity index (χ3v) is 4.99. The number of H-pyrrole nitrogens is 1. The number of aromatic nitrogens is 3. The van der Waals surface area contributed by atoms with Crippen LogP contribution in [0.25, 0.3) is 0 Å². The molecule has 0 radical (unpaired) electrons. The third kappa shape index (κ3) is 3.29. The lowest BCUT2D eigenvalue weighted by molar-refractivity contribution is 0.281. The van der Waals surface area contributed by atoms with E-state index in [0.29, 0.717) is 17.0 Å². The maximum atomic E-state index is 12.5. The van der Waals surface area contributed by atoms with Gasteiger partial charge in [-0.05, 0) is 43.5 Å². The van der Waals surface area contributed by atoms with Crippen LogP contribution in [-0.4, -0.2) is 28.7 Å². The summed E-state index contributed by atoms with van der Waals surface area (Å²) in [5.74, 6) is 0.436. The van der Waals surface area contributed by atoms with Crippen molar-refractivity contribution in [1.29, 1.82) is 0 Å². The number of rotatable bonds is 5. The Kier molecular flexibility index (Phi) is 4.40. The highest BCUT2D eigenvalue weighted by Gasteiger charge is 2.23. The maximum absolute atomic E-state index is 12.5. The van der Waals surface area contributed by atoms with E-state index in [2.05, 4.69) is 19.9 Å². The molecular formula is C13H18N4O3S. The lowest BCUT2D eigenvalue weighted by Crippen LogP contribution is -2.28. The van der Waals surface area contributed by atoms with E-state index in [1.165, 1.54) is 12.4 Å². The van der Waals surface area contributed by atoms with E-state index in [-0.39, 0.29) is 11.5 Å². The molecule has 3 N–H and O–H groups in total. The summed E-state index contributed by atoms with van der Waals surface area (Å²) in [5.41, 5.74) is 2.03. The fourth-order valence-electron chi connectivity index (χ4n) is 2.04. The van der Waals surface area contributed by atoms with Gasteiger partial charge in [-0.2, -0.15) is 5.10 Å². The van der Waals surface area contributed by atoms with Crippen LogP contribution in [0.15, 0.2) is 23.4 Å². The summed E-state index contributed by atoms with van der Waals surface area (Å²) in [6.45, 7) is 5.02. The monoisotopic (exact) mass is 310 g/mol. The molecule has 1 atom stereocenters. The molecular weight excluding hydrogens is 292 g/mol. The highest BCUT2D eigenvalue weighted by molar-refractivity contribution is 7.89. The van der Waals surface area contributed by atoms with E-state index in [0.717, 1.165) is 5.56 Å². The van der Waals surface area contributed by atoms with Crippen molar-refractivity contribution >= 4 is 10.0 Å². The zero-order valence-electron chi connectivity index (χ0n) is 12.1. The van der Waals surface area contributed by atoms with Crippen LogP contribution in [0.2, 0.25) is 0 Å². The average Bonchev–Trinajstić information content (AvgIpc) is 2.95. The average molecular weight is 310 g/mol. The molecule has 1 aromatic heterocycles. The van der Waals surface area contributed by atoms with Gasteiger partial charge in [0.15, 0.2) is 0 Å². The van der Waals surface area contributed by atoms with Crippen molar-refractivity contribution < 1.29 is 13.5 Å². The first-order chi connectivity index (χ1) is 9.85. The Morgan fingerprint density at radius 3 is 2.67 bits per heavy atom.